The van der Waals surface area contributed by atoms with Crippen molar-refractivity contribution < 1.29 is 76.9 Å². The molecule has 16 nitrogen and oxygen atoms in total. The Morgan fingerprint density at radius 2 is 0.921 bits per heavy atom. The van der Waals surface area contributed by atoms with Gasteiger partial charge in [-0.15, -0.1) is 0 Å². The number of phosphoric ester groups is 2. The van der Waals surface area contributed by atoms with Crippen LogP contribution in [0.5, 0.6) is 0 Å². The first-order valence-electron chi connectivity index (χ1n) is 23.5. The van der Waals surface area contributed by atoms with Gasteiger partial charge in [0.1, 0.15) is 43.2 Å². The first-order valence-corrected chi connectivity index (χ1v) is 26.6. The second-order valence-electron chi connectivity index (χ2n) is 16.5. The van der Waals surface area contributed by atoms with Gasteiger partial charge in [0.25, 0.3) is 0 Å². The Morgan fingerprint density at radius 3 is 1.43 bits per heavy atom. The average Bonchev–Trinajstić information content (AvgIpc) is 3.23. The molecule has 18 heteroatoms. The van der Waals surface area contributed by atoms with E-state index >= 15 is 0 Å². The lowest BCUT2D eigenvalue weighted by molar-refractivity contribution is -0.216. The topological polar surface area (TPSA) is 256 Å². The predicted octanol–water partition coefficient (Wildman–Crippen LogP) is 8.73. The van der Waals surface area contributed by atoms with Crippen LogP contribution in [0.1, 0.15) is 181 Å². The number of aliphatic hydroxyl groups excluding tert-OH is 4. The average molecular weight is 941 g/mol. The third-order valence-corrected chi connectivity index (χ3v) is 12.2. The molecule has 1 fully saturated rings. The van der Waals surface area contributed by atoms with Crippen LogP contribution in [0.2, 0.25) is 0 Å². The molecule has 0 saturated heterocycles. The lowest BCUT2D eigenvalue weighted by Gasteiger charge is -2.43. The first kappa shape index (κ1) is 59.2. The Hall–Kier alpha value is -1.78. The number of esters is 2. The van der Waals surface area contributed by atoms with Crippen LogP contribution in [0.25, 0.3) is 0 Å². The number of unbranched alkanes of at least 4 members (excludes halogenated alkanes) is 19. The first-order chi connectivity index (χ1) is 30.1. The number of phosphoric acid groups is 2. The Bertz CT molecular complexity index is 1370. The maximum atomic E-state index is 13.0. The summed E-state index contributed by atoms with van der Waals surface area (Å²) in [6.45, 7) is 3.06. The molecule has 0 radical (unpaired) electrons. The fraction of sp³-hybridized carbons (Fsp3) is 0.822. The number of carbonyl (C=O) groups excluding carboxylic acids is 2. The highest BCUT2D eigenvalue weighted by molar-refractivity contribution is 7.47. The zero-order chi connectivity index (χ0) is 46.8. The van der Waals surface area contributed by atoms with Gasteiger partial charge in [-0.2, -0.15) is 0 Å². The number of ether oxygens (including phenoxy) is 2. The third-order valence-electron chi connectivity index (χ3n) is 10.7. The van der Waals surface area contributed by atoms with Crippen molar-refractivity contribution in [2.75, 3.05) is 13.2 Å². The van der Waals surface area contributed by atoms with Crippen LogP contribution in [0, 0.1) is 0 Å². The minimum Gasteiger partial charge on any atom is -0.462 e. The number of rotatable bonds is 39. The van der Waals surface area contributed by atoms with Crippen molar-refractivity contribution in [1.29, 1.82) is 0 Å². The summed E-state index contributed by atoms with van der Waals surface area (Å²) in [7, 11) is -10.7. The van der Waals surface area contributed by atoms with Crippen molar-refractivity contribution in [2.24, 2.45) is 0 Å². The summed E-state index contributed by atoms with van der Waals surface area (Å²) in [6, 6.07) is 0. The molecule has 0 bridgehead atoms. The van der Waals surface area contributed by atoms with E-state index < -0.39 is 83.5 Å². The van der Waals surface area contributed by atoms with Crippen LogP contribution in [-0.4, -0.2) is 103 Å². The standard InChI is InChI=1S/C45H82O16P2/c1-3-5-7-9-11-13-15-17-19-21-23-25-27-29-31-33-38(46)57-35-37(59-39(47)34-32-30-28-26-24-22-20-18-16-14-12-10-8-6-4-2)36-58-63(55,56)61-45-42(50)40(48)41(49)44(43(45)51)60-62(52,53)54/h12,14,17-20,37,40-45,48-51H,3-11,13,15-16,21-36H2,1-2H3,(H,55,56)(H2,52,53,54)/b14-12-,19-17-,20-18-/t37-,40?,41?,42?,43?,44-,45+/m1/s1. The van der Waals surface area contributed by atoms with Gasteiger partial charge in [0, 0.05) is 12.8 Å². The molecule has 0 spiro atoms. The van der Waals surface area contributed by atoms with E-state index in [0.29, 0.717) is 12.8 Å². The van der Waals surface area contributed by atoms with Crippen LogP contribution >= 0.6 is 15.6 Å². The van der Waals surface area contributed by atoms with E-state index in [0.717, 1.165) is 83.5 Å². The van der Waals surface area contributed by atoms with Crippen LogP contribution in [-0.2, 0) is 41.8 Å². The minimum absolute atomic E-state index is 0.0266. The van der Waals surface area contributed by atoms with Gasteiger partial charge in [-0.1, -0.05) is 134 Å². The number of carbonyl (C=O) groups is 2. The molecule has 368 valence electrons. The Kier molecular flexibility index (Phi) is 34.2. The lowest BCUT2D eigenvalue weighted by atomic mass is 9.85. The van der Waals surface area contributed by atoms with E-state index in [1.54, 1.807) is 0 Å². The summed E-state index contributed by atoms with van der Waals surface area (Å²) in [5.41, 5.74) is 0. The minimum atomic E-state index is -5.36. The van der Waals surface area contributed by atoms with Crippen molar-refractivity contribution in [3.05, 3.63) is 36.5 Å². The molecule has 0 aromatic carbocycles. The number of allylic oxidation sites excluding steroid dienone is 6. The van der Waals surface area contributed by atoms with Crippen molar-refractivity contribution in [3.8, 4) is 0 Å². The zero-order valence-electron chi connectivity index (χ0n) is 38.0. The molecule has 0 aliphatic heterocycles. The van der Waals surface area contributed by atoms with Crippen molar-refractivity contribution in [2.45, 2.75) is 224 Å². The molecule has 0 heterocycles. The van der Waals surface area contributed by atoms with Gasteiger partial charge in [0.05, 0.1) is 6.61 Å². The highest BCUT2D eigenvalue weighted by atomic mass is 31.2. The Morgan fingerprint density at radius 1 is 0.508 bits per heavy atom. The van der Waals surface area contributed by atoms with E-state index in [2.05, 4.69) is 54.8 Å². The predicted molar refractivity (Wildman–Crippen MR) is 241 cm³/mol. The summed E-state index contributed by atoms with van der Waals surface area (Å²) in [5, 5.41) is 41.2. The van der Waals surface area contributed by atoms with Crippen molar-refractivity contribution in [1.82, 2.24) is 0 Å². The van der Waals surface area contributed by atoms with Gasteiger partial charge in [-0.25, -0.2) is 9.13 Å². The molecule has 5 unspecified atom stereocenters. The van der Waals surface area contributed by atoms with Crippen LogP contribution < -0.4 is 0 Å². The fourth-order valence-corrected chi connectivity index (χ4v) is 8.53. The molecule has 1 saturated carbocycles. The summed E-state index contributed by atoms with van der Waals surface area (Å²) in [6.07, 6.45) is 23.9. The van der Waals surface area contributed by atoms with Gasteiger partial charge < -0.3 is 44.6 Å². The largest absolute Gasteiger partial charge is 0.472 e. The second kappa shape index (κ2) is 36.4. The lowest BCUT2D eigenvalue weighted by Crippen LogP contribution is -2.64. The quantitative estimate of drug-likeness (QED) is 0.0132. The molecular formula is C45H82O16P2. The van der Waals surface area contributed by atoms with Gasteiger partial charge in [-0.3, -0.25) is 23.2 Å². The monoisotopic (exact) mass is 941 g/mol. The SMILES string of the molecule is CCCCC/C=C\C/C=C\CCCCCCCC(=O)O[C@H](COC(=O)CCCCCCC/C=C\CCCCCCCC)COP(=O)(O)O[C@H]1C(O)C(O)C(O)[C@@H](OP(=O)(O)O)C1O. The van der Waals surface area contributed by atoms with Crippen molar-refractivity contribution >= 4 is 27.6 Å². The van der Waals surface area contributed by atoms with Crippen LogP contribution in [0.3, 0.4) is 0 Å². The number of hydrogen-bond acceptors (Lipinski definition) is 13. The maximum absolute atomic E-state index is 13.0. The van der Waals surface area contributed by atoms with E-state index in [1.165, 1.54) is 57.8 Å². The second-order valence-corrected chi connectivity index (χ2v) is 19.1. The van der Waals surface area contributed by atoms with Crippen LogP contribution in [0.4, 0.5) is 0 Å². The molecule has 8 atom stereocenters. The molecule has 63 heavy (non-hydrogen) atoms. The third kappa shape index (κ3) is 30.9. The molecule has 0 aromatic rings. The Balaban J connectivity index is 2.62. The highest BCUT2D eigenvalue weighted by Crippen LogP contribution is 2.49. The highest BCUT2D eigenvalue weighted by Gasteiger charge is 2.54. The summed E-state index contributed by atoms with van der Waals surface area (Å²) < 4.78 is 49.3. The van der Waals surface area contributed by atoms with E-state index in [4.69, 9.17) is 28.3 Å². The van der Waals surface area contributed by atoms with Gasteiger partial charge in [0.2, 0.25) is 0 Å². The smallest absolute Gasteiger partial charge is 0.462 e. The van der Waals surface area contributed by atoms with E-state index in [1.807, 2.05) is 0 Å². The summed E-state index contributed by atoms with van der Waals surface area (Å²) in [5.74, 6) is -1.23. The van der Waals surface area contributed by atoms with E-state index in [-0.39, 0.29) is 12.8 Å². The van der Waals surface area contributed by atoms with Gasteiger partial charge in [-0.05, 0) is 70.6 Å². The summed E-state index contributed by atoms with van der Waals surface area (Å²) in [4.78, 5) is 54.2. The number of hydrogen-bond donors (Lipinski definition) is 7. The molecular weight excluding hydrogens is 858 g/mol. The van der Waals surface area contributed by atoms with Gasteiger partial charge in [0.15, 0.2) is 6.10 Å². The fourth-order valence-electron chi connectivity index (χ4n) is 6.99. The summed E-state index contributed by atoms with van der Waals surface area (Å²) >= 11 is 0. The number of aliphatic hydroxyl groups is 4. The normalized spacial score (nSPS) is 22.2. The molecule has 0 aromatic heterocycles. The van der Waals surface area contributed by atoms with Gasteiger partial charge >= 0.3 is 27.6 Å². The molecule has 1 aliphatic rings. The van der Waals surface area contributed by atoms with Crippen molar-refractivity contribution in [3.63, 3.8) is 0 Å². The maximum Gasteiger partial charge on any atom is 0.472 e. The van der Waals surface area contributed by atoms with Crippen LogP contribution in [0.15, 0.2) is 36.5 Å². The zero-order valence-corrected chi connectivity index (χ0v) is 39.8. The Labute approximate surface area is 376 Å². The molecule has 0 amide bonds. The molecule has 1 rings (SSSR count). The van der Waals surface area contributed by atoms with E-state index in [9.17, 15) is 44.0 Å². The molecule has 7 N–H and O–H groups in total. The molecule has 1 aliphatic carbocycles.